The van der Waals surface area contributed by atoms with Gasteiger partial charge in [-0.25, -0.2) is 0 Å². The zero-order valence-corrected chi connectivity index (χ0v) is 15.5. The van der Waals surface area contributed by atoms with E-state index in [1.165, 1.54) is 0 Å². The molecule has 144 valence electrons. The summed E-state index contributed by atoms with van der Waals surface area (Å²) in [4.78, 5) is 25.6. The molecule has 2 aromatic carbocycles. The summed E-state index contributed by atoms with van der Waals surface area (Å²) in [6.07, 6.45) is 0.162. The number of ether oxygens (including phenoxy) is 1. The number of H-pyrrole nitrogens is 2. The molecule has 3 N–H and O–H groups in total. The molecule has 3 atom stereocenters. The topological polar surface area (TPSA) is 95.2 Å². The summed E-state index contributed by atoms with van der Waals surface area (Å²) in [5.41, 5.74) is 1.11. The molecule has 6 nitrogen and oxygen atoms in total. The van der Waals surface area contributed by atoms with Crippen LogP contribution in [0.4, 0.5) is 0 Å². The number of benzene rings is 2. The Hall–Kier alpha value is -3.12. The number of carbonyl (C=O) groups excluding carboxylic acids is 1. The lowest BCUT2D eigenvalue weighted by molar-refractivity contribution is -0.161. The van der Waals surface area contributed by atoms with Gasteiger partial charge in [0.05, 0.1) is 11.5 Å². The second kappa shape index (κ2) is 7.13. The molecule has 0 aliphatic heterocycles. The normalized spacial score (nSPS) is 23.8. The van der Waals surface area contributed by atoms with Gasteiger partial charge in [-0.2, -0.15) is 0 Å². The van der Waals surface area contributed by atoms with Crippen LogP contribution in [0.2, 0.25) is 0 Å². The molecular formula is C22H22N2O4. The average Bonchev–Trinajstić information content (AvgIpc) is 3.05. The number of hydrogen-bond donors (Lipinski definition) is 3. The van der Waals surface area contributed by atoms with E-state index in [1.807, 2.05) is 60.7 Å². The smallest absolute Gasteiger partial charge is 0.313 e. The second-order valence-corrected chi connectivity index (χ2v) is 7.46. The van der Waals surface area contributed by atoms with Crippen molar-refractivity contribution in [3.63, 3.8) is 0 Å². The van der Waals surface area contributed by atoms with Crippen LogP contribution in [0.3, 0.4) is 0 Å². The summed E-state index contributed by atoms with van der Waals surface area (Å²) >= 11 is 0. The average molecular weight is 378 g/mol. The van der Waals surface area contributed by atoms with Gasteiger partial charge < -0.3 is 14.9 Å². The van der Waals surface area contributed by atoms with Crippen LogP contribution >= 0.6 is 0 Å². The minimum atomic E-state index is -1.37. The van der Waals surface area contributed by atoms with E-state index in [0.29, 0.717) is 11.3 Å². The molecule has 3 aromatic rings. The van der Waals surface area contributed by atoms with Crippen molar-refractivity contribution in [1.82, 2.24) is 10.2 Å². The van der Waals surface area contributed by atoms with Crippen LogP contribution in [-0.4, -0.2) is 26.9 Å². The van der Waals surface area contributed by atoms with Crippen molar-refractivity contribution in [3.8, 4) is 0 Å². The fourth-order valence-electron chi connectivity index (χ4n) is 4.09. The largest absolute Gasteiger partial charge is 0.460 e. The summed E-state index contributed by atoms with van der Waals surface area (Å²) in [5, 5.41) is 16.6. The fourth-order valence-corrected chi connectivity index (χ4v) is 4.09. The number of aliphatic hydroxyl groups is 1. The second-order valence-electron chi connectivity index (χ2n) is 7.46. The maximum atomic E-state index is 13.1. The maximum Gasteiger partial charge on any atom is 0.313 e. The van der Waals surface area contributed by atoms with Crippen LogP contribution in [0.5, 0.6) is 0 Å². The van der Waals surface area contributed by atoms with Crippen molar-refractivity contribution in [2.45, 2.75) is 31.5 Å². The Morgan fingerprint density at radius 3 is 2.43 bits per heavy atom. The lowest BCUT2D eigenvalue weighted by Crippen LogP contribution is -2.50. The molecular weight excluding hydrogens is 356 g/mol. The first-order valence-corrected chi connectivity index (χ1v) is 9.24. The van der Waals surface area contributed by atoms with E-state index in [2.05, 4.69) is 10.2 Å². The zero-order chi connectivity index (χ0) is 19.7. The molecule has 0 amide bonds. The first-order valence-electron chi connectivity index (χ1n) is 9.24. The highest BCUT2D eigenvalue weighted by molar-refractivity contribution is 5.77. The van der Waals surface area contributed by atoms with Crippen LogP contribution in [0.15, 0.2) is 65.5 Å². The van der Waals surface area contributed by atoms with Crippen molar-refractivity contribution in [2.75, 3.05) is 0 Å². The number of nitrogens with one attached hydrogen (secondary N) is 2. The van der Waals surface area contributed by atoms with E-state index in [1.54, 1.807) is 6.92 Å². The third-order valence-electron chi connectivity index (χ3n) is 5.38. The fraction of sp³-hybridized carbons (Fsp3) is 0.273. The predicted octanol–water partition coefficient (Wildman–Crippen LogP) is 2.50. The van der Waals surface area contributed by atoms with Gasteiger partial charge in [-0.15, -0.1) is 0 Å². The van der Waals surface area contributed by atoms with Crippen LogP contribution in [0, 0.1) is 5.92 Å². The summed E-state index contributed by atoms with van der Waals surface area (Å²) in [7, 11) is 0. The molecule has 0 saturated carbocycles. The molecule has 6 heteroatoms. The van der Waals surface area contributed by atoms with E-state index in [-0.39, 0.29) is 18.6 Å². The van der Waals surface area contributed by atoms with E-state index in [0.717, 1.165) is 11.1 Å². The Kier molecular flexibility index (Phi) is 4.65. The summed E-state index contributed by atoms with van der Waals surface area (Å²) < 4.78 is 5.56. The van der Waals surface area contributed by atoms with Gasteiger partial charge in [-0.3, -0.25) is 14.7 Å². The van der Waals surface area contributed by atoms with Crippen molar-refractivity contribution >= 4 is 5.97 Å². The molecule has 0 fully saturated rings. The number of aromatic amines is 2. The summed E-state index contributed by atoms with van der Waals surface area (Å²) in [6, 6.07) is 18.7. The van der Waals surface area contributed by atoms with Gasteiger partial charge >= 0.3 is 5.97 Å². The van der Waals surface area contributed by atoms with Crippen LogP contribution in [-0.2, 0) is 22.6 Å². The molecule has 1 aliphatic rings. The number of hydrogen-bond acceptors (Lipinski definition) is 4. The molecule has 0 saturated heterocycles. The Balaban J connectivity index is 1.73. The lowest BCUT2D eigenvalue weighted by atomic mass is 9.66. The van der Waals surface area contributed by atoms with E-state index in [4.69, 9.17) is 4.74 Å². The third-order valence-corrected chi connectivity index (χ3v) is 5.38. The molecule has 1 aromatic heterocycles. The quantitative estimate of drug-likeness (QED) is 0.608. The Morgan fingerprint density at radius 2 is 1.75 bits per heavy atom. The third kappa shape index (κ3) is 3.27. The van der Waals surface area contributed by atoms with E-state index in [9.17, 15) is 14.7 Å². The highest BCUT2D eigenvalue weighted by Crippen LogP contribution is 2.44. The van der Waals surface area contributed by atoms with Crippen LogP contribution in [0.25, 0.3) is 0 Å². The van der Waals surface area contributed by atoms with Crippen LogP contribution in [0.1, 0.15) is 35.2 Å². The molecule has 1 aliphatic carbocycles. The Morgan fingerprint density at radius 1 is 1.11 bits per heavy atom. The molecule has 0 radical (unpaired) electrons. The van der Waals surface area contributed by atoms with Gasteiger partial charge in [0.15, 0.2) is 0 Å². The number of fused-ring (bicyclic) bond motifs is 1. The van der Waals surface area contributed by atoms with Crippen LogP contribution < -0.4 is 5.56 Å². The molecule has 0 bridgehead atoms. The van der Waals surface area contributed by atoms with Gasteiger partial charge in [0.1, 0.15) is 6.61 Å². The highest BCUT2D eigenvalue weighted by atomic mass is 16.5. The summed E-state index contributed by atoms with van der Waals surface area (Å²) in [6.45, 7) is 1.73. The van der Waals surface area contributed by atoms with Gasteiger partial charge in [-0.1, -0.05) is 60.7 Å². The number of carbonyl (C=O) groups is 1. The van der Waals surface area contributed by atoms with Crippen molar-refractivity contribution in [1.29, 1.82) is 0 Å². The highest BCUT2D eigenvalue weighted by Gasteiger charge is 2.51. The molecule has 0 unspecified atom stereocenters. The summed E-state index contributed by atoms with van der Waals surface area (Å²) in [5.74, 6) is -2.02. The van der Waals surface area contributed by atoms with E-state index < -0.39 is 23.4 Å². The minimum absolute atomic E-state index is 0.115. The molecule has 4 rings (SSSR count). The Labute approximate surface area is 162 Å². The van der Waals surface area contributed by atoms with Gasteiger partial charge in [0, 0.05) is 23.6 Å². The van der Waals surface area contributed by atoms with Gasteiger partial charge in [-0.05, 0) is 18.1 Å². The SMILES string of the molecule is C[C@@]1(O)Cc2[nH][nH]c(=O)c2[C@@H](c2ccccc2)[C@@H]1C(=O)OCc1ccccc1. The monoisotopic (exact) mass is 378 g/mol. The van der Waals surface area contributed by atoms with E-state index >= 15 is 0 Å². The van der Waals surface area contributed by atoms with Crippen molar-refractivity contribution in [2.24, 2.45) is 5.92 Å². The zero-order valence-electron chi connectivity index (χ0n) is 15.5. The minimum Gasteiger partial charge on any atom is -0.460 e. The van der Waals surface area contributed by atoms with Gasteiger partial charge in [0.25, 0.3) is 5.56 Å². The number of aromatic nitrogens is 2. The first kappa shape index (κ1) is 18.3. The molecule has 0 spiro atoms. The maximum absolute atomic E-state index is 13.1. The number of rotatable bonds is 4. The first-order chi connectivity index (χ1) is 13.5. The lowest BCUT2D eigenvalue weighted by Gasteiger charge is -2.40. The molecule has 1 heterocycles. The number of esters is 1. The standard InChI is InChI=1S/C22H22N2O4/c1-22(27)12-16-18(20(25)24-23-16)17(15-10-6-3-7-11-15)19(22)21(26)28-13-14-8-4-2-5-9-14/h2-11,17,19,27H,12-13H2,1H3,(H2,23,24,25)/t17-,19-,22-/m1/s1. The van der Waals surface area contributed by atoms with Crippen molar-refractivity contribution < 1.29 is 14.6 Å². The Bertz CT molecular complexity index is 1020. The van der Waals surface area contributed by atoms with Gasteiger partial charge in [0.2, 0.25) is 0 Å². The molecule has 28 heavy (non-hydrogen) atoms. The van der Waals surface area contributed by atoms with Crippen molar-refractivity contribution in [3.05, 3.63) is 93.4 Å². The predicted molar refractivity (Wildman–Crippen MR) is 104 cm³/mol.